The fraction of sp³-hybridized carbons (Fsp3) is 0.533. The molecule has 0 fully saturated rings. The van der Waals surface area contributed by atoms with E-state index in [0.717, 1.165) is 6.42 Å². The summed E-state index contributed by atoms with van der Waals surface area (Å²) in [5.41, 5.74) is 6.27. The van der Waals surface area contributed by atoms with Gasteiger partial charge in [0.1, 0.15) is 11.5 Å². The van der Waals surface area contributed by atoms with Crippen molar-refractivity contribution >= 4 is 18.3 Å². The number of rotatable bonds is 8. The van der Waals surface area contributed by atoms with Crippen LogP contribution in [0.25, 0.3) is 0 Å². The van der Waals surface area contributed by atoms with Gasteiger partial charge in [0.2, 0.25) is 5.91 Å². The Morgan fingerprint density at radius 1 is 1.36 bits per heavy atom. The average molecular weight is 333 g/mol. The van der Waals surface area contributed by atoms with E-state index < -0.39 is 12.1 Å². The van der Waals surface area contributed by atoms with Crippen LogP contribution in [-0.2, 0) is 4.79 Å². The molecule has 1 rings (SSSR count). The Labute approximate surface area is 137 Å². The Kier molecular flexibility index (Phi) is 9.56. The summed E-state index contributed by atoms with van der Waals surface area (Å²) in [4.78, 5) is 11.7. The maximum Gasteiger partial charge on any atom is 0.237 e. The molecule has 0 aliphatic heterocycles. The number of nitrogens with two attached hydrogens (primary N) is 1. The van der Waals surface area contributed by atoms with Crippen LogP contribution in [0.2, 0.25) is 0 Å². The molecule has 1 amide bonds. The van der Waals surface area contributed by atoms with E-state index in [4.69, 9.17) is 15.2 Å². The fourth-order valence-corrected chi connectivity index (χ4v) is 1.98. The third-order valence-corrected chi connectivity index (χ3v) is 3.20. The van der Waals surface area contributed by atoms with Crippen LogP contribution in [0, 0.1) is 0 Å². The molecule has 0 aliphatic carbocycles. The number of nitrogens with one attached hydrogen (secondary N) is 1. The second kappa shape index (κ2) is 10.3. The van der Waals surface area contributed by atoms with E-state index in [1.165, 1.54) is 7.11 Å². The number of benzene rings is 1. The molecule has 1 aromatic rings. The van der Waals surface area contributed by atoms with Gasteiger partial charge in [0.25, 0.3) is 0 Å². The topological polar surface area (TPSA) is 93.8 Å². The Morgan fingerprint density at radius 3 is 2.59 bits per heavy atom. The van der Waals surface area contributed by atoms with Gasteiger partial charge in [-0.2, -0.15) is 0 Å². The van der Waals surface area contributed by atoms with E-state index in [1.54, 1.807) is 25.3 Å². The summed E-state index contributed by atoms with van der Waals surface area (Å²) in [5.74, 6) is 0.882. The number of halogens is 1. The first kappa shape index (κ1) is 20.5. The summed E-state index contributed by atoms with van der Waals surface area (Å²) in [7, 11) is 3.07. The van der Waals surface area contributed by atoms with Crippen molar-refractivity contribution in [2.24, 2.45) is 5.73 Å². The fourth-order valence-electron chi connectivity index (χ4n) is 1.98. The minimum Gasteiger partial charge on any atom is -0.497 e. The summed E-state index contributed by atoms with van der Waals surface area (Å²) in [6, 6.07) is 4.59. The highest BCUT2D eigenvalue weighted by molar-refractivity contribution is 5.85. The number of methoxy groups -OCH3 is 2. The summed E-state index contributed by atoms with van der Waals surface area (Å²) >= 11 is 0. The van der Waals surface area contributed by atoms with Crippen molar-refractivity contribution in [3.05, 3.63) is 23.8 Å². The van der Waals surface area contributed by atoms with Crippen LogP contribution in [0.1, 0.15) is 31.4 Å². The van der Waals surface area contributed by atoms with Gasteiger partial charge in [-0.05, 0) is 24.6 Å². The normalized spacial score (nSPS) is 12.8. The molecule has 1 aromatic carbocycles. The summed E-state index contributed by atoms with van der Waals surface area (Å²) < 4.78 is 10.3. The number of carbonyl (C=O) groups excluding carboxylic acids is 1. The van der Waals surface area contributed by atoms with Crippen LogP contribution in [0.5, 0.6) is 11.5 Å². The molecular weight excluding hydrogens is 308 g/mol. The molecule has 2 atom stereocenters. The SMILES string of the molecule is CCCC(N)C(=O)NCC(O)c1cc(OC)ccc1OC.Cl. The van der Waals surface area contributed by atoms with Crippen molar-refractivity contribution < 1.29 is 19.4 Å². The minimum absolute atomic E-state index is 0. The minimum atomic E-state index is -0.896. The van der Waals surface area contributed by atoms with Crippen molar-refractivity contribution in [3.8, 4) is 11.5 Å². The Morgan fingerprint density at radius 2 is 2.05 bits per heavy atom. The van der Waals surface area contributed by atoms with Crippen molar-refractivity contribution in [2.75, 3.05) is 20.8 Å². The molecule has 0 bridgehead atoms. The lowest BCUT2D eigenvalue weighted by Gasteiger charge is -2.18. The number of hydrogen-bond donors (Lipinski definition) is 3. The molecule has 2 unspecified atom stereocenters. The van der Waals surface area contributed by atoms with E-state index in [1.807, 2.05) is 6.92 Å². The summed E-state index contributed by atoms with van der Waals surface area (Å²) in [6.07, 6.45) is 0.554. The Balaban J connectivity index is 0.00000441. The molecule has 4 N–H and O–H groups in total. The quantitative estimate of drug-likeness (QED) is 0.669. The van der Waals surface area contributed by atoms with E-state index in [2.05, 4.69) is 5.32 Å². The molecule has 6 nitrogen and oxygen atoms in total. The summed E-state index contributed by atoms with van der Waals surface area (Å²) in [6.45, 7) is 2.03. The maximum atomic E-state index is 11.7. The molecular formula is C15H25ClN2O4. The zero-order valence-corrected chi connectivity index (χ0v) is 14.0. The molecule has 0 aromatic heterocycles. The van der Waals surface area contributed by atoms with Crippen LogP contribution >= 0.6 is 12.4 Å². The first-order chi connectivity index (χ1) is 10.0. The molecule has 126 valence electrons. The maximum absolute atomic E-state index is 11.7. The lowest BCUT2D eigenvalue weighted by Crippen LogP contribution is -2.42. The van der Waals surface area contributed by atoms with E-state index in [9.17, 15) is 9.90 Å². The van der Waals surface area contributed by atoms with Crippen LogP contribution in [0.3, 0.4) is 0 Å². The largest absolute Gasteiger partial charge is 0.497 e. The van der Waals surface area contributed by atoms with Gasteiger partial charge in [0.05, 0.1) is 26.4 Å². The highest BCUT2D eigenvalue weighted by Crippen LogP contribution is 2.29. The van der Waals surface area contributed by atoms with Crippen molar-refractivity contribution in [2.45, 2.75) is 31.9 Å². The number of hydrogen-bond acceptors (Lipinski definition) is 5. The van der Waals surface area contributed by atoms with Crippen LogP contribution in [0.4, 0.5) is 0 Å². The molecule has 0 heterocycles. The monoisotopic (exact) mass is 332 g/mol. The van der Waals surface area contributed by atoms with Gasteiger partial charge >= 0.3 is 0 Å². The molecule has 7 heteroatoms. The Bertz CT molecular complexity index is 471. The van der Waals surface area contributed by atoms with Gasteiger partial charge in [-0.15, -0.1) is 12.4 Å². The lowest BCUT2D eigenvalue weighted by molar-refractivity contribution is -0.123. The summed E-state index contributed by atoms with van der Waals surface area (Å²) in [5, 5.41) is 12.9. The molecule has 0 radical (unpaired) electrons. The number of amides is 1. The van der Waals surface area contributed by atoms with E-state index >= 15 is 0 Å². The van der Waals surface area contributed by atoms with Crippen molar-refractivity contribution in [1.82, 2.24) is 5.32 Å². The third-order valence-electron chi connectivity index (χ3n) is 3.20. The smallest absolute Gasteiger partial charge is 0.237 e. The number of aliphatic hydroxyl groups excluding tert-OH is 1. The van der Waals surface area contributed by atoms with Crippen LogP contribution in [-0.4, -0.2) is 37.8 Å². The molecule has 0 spiro atoms. The number of carbonyl (C=O) groups is 1. The molecule has 0 aliphatic rings. The van der Waals surface area contributed by atoms with Gasteiger partial charge < -0.3 is 25.6 Å². The zero-order chi connectivity index (χ0) is 15.8. The van der Waals surface area contributed by atoms with Gasteiger partial charge in [0.15, 0.2) is 0 Å². The van der Waals surface area contributed by atoms with Crippen molar-refractivity contribution in [3.63, 3.8) is 0 Å². The van der Waals surface area contributed by atoms with Gasteiger partial charge in [0, 0.05) is 12.1 Å². The zero-order valence-electron chi connectivity index (χ0n) is 13.2. The first-order valence-electron chi connectivity index (χ1n) is 6.96. The predicted molar refractivity (Wildman–Crippen MR) is 87.6 cm³/mol. The van der Waals surface area contributed by atoms with Gasteiger partial charge in [-0.3, -0.25) is 4.79 Å². The van der Waals surface area contributed by atoms with Crippen molar-refractivity contribution in [1.29, 1.82) is 0 Å². The van der Waals surface area contributed by atoms with E-state index in [0.29, 0.717) is 23.5 Å². The van der Waals surface area contributed by atoms with E-state index in [-0.39, 0.29) is 24.9 Å². The number of aliphatic hydroxyl groups is 1. The highest BCUT2D eigenvalue weighted by atomic mass is 35.5. The molecule has 22 heavy (non-hydrogen) atoms. The molecule has 0 saturated carbocycles. The standard InChI is InChI=1S/C15H24N2O4.ClH/c1-4-5-12(16)15(19)17-9-13(18)11-8-10(20-2)6-7-14(11)21-3;/h6-8,12-13,18H,4-5,9,16H2,1-3H3,(H,17,19);1H. The predicted octanol–water partition coefficient (Wildman–Crippen LogP) is 1.40. The van der Waals surface area contributed by atoms with Crippen LogP contribution < -0.4 is 20.5 Å². The molecule has 0 saturated heterocycles. The highest BCUT2D eigenvalue weighted by Gasteiger charge is 2.17. The second-order valence-electron chi connectivity index (χ2n) is 4.76. The average Bonchev–Trinajstić information content (AvgIpc) is 2.51. The number of ether oxygens (including phenoxy) is 2. The van der Waals surface area contributed by atoms with Crippen LogP contribution in [0.15, 0.2) is 18.2 Å². The van der Waals surface area contributed by atoms with Gasteiger partial charge in [-0.1, -0.05) is 13.3 Å². The first-order valence-corrected chi connectivity index (χ1v) is 6.96. The lowest BCUT2D eigenvalue weighted by atomic mass is 10.1. The van der Waals surface area contributed by atoms with Gasteiger partial charge in [-0.25, -0.2) is 0 Å². The second-order valence-corrected chi connectivity index (χ2v) is 4.76. The third kappa shape index (κ3) is 5.71. The Hall–Kier alpha value is -1.50.